The van der Waals surface area contributed by atoms with Crippen LogP contribution >= 0.6 is 15.9 Å². The molecule has 2 heterocycles. The third-order valence-corrected chi connectivity index (χ3v) is 4.39. The van der Waals surface area contributed by atoms with Crippen LogP contribution in [0.25, 0.3) is 28.7 Å². The minimum Gasteiger partial charge on any atom is -0.332 e. The molecule has 2 aromatic heterocycles. The van der Waals surface area contributed by atoms with Crippen molar-refractivity contribution in [1.82, 2.24) is 19.9 Å². The first kappa shape index (κ1) is 18.1. The number of nitrogens with zero attached hydrogens (tertiary/aromatic N) is 4. The zero-order valence-corrected chi connectivity index (χ0v) is 15.3. The molecule has 10 heteroatoms. The second-order valence-corrected chi connectivity index (χ2v) is 6.48. The minimum absolute atomic E-state index is 0.125. The predicted molar refractivity (Wildman–Crippen MR) is 96.1 cm³/mol. The van der Waals surface area contributed by atoms with E-state index in [-0.39, 0.29) is 27.6 Å². The van der Waals surface area contributed by atoms with Gasteiger partial charge in [-0.05, 0) is 46.3 Å². The van der Waals surface area contributed by atoms with Crippen molar-refractivity contribution in [3.05, 3.63) is 80.8 Å². The lowest BCUT2D eigenvalue weighted by Gasteiger charge is -2.06. The van der Waals surface area contributed by atoms with Gasteiger partial charge in [-0.2, -0.15) is 10.1 Å². The Hall–Kier alpha value is -3.27. The Bertz CT molecular complexity index is 1260. The highest BCUT2D eigenvalue weighted by Crippen LogP contribution is 2.24. The van der Waals surface area contributed by atoms with E-state index in [1.807, 2.05) is 0 Å². The molecular formula is C18H8BrF3N4O2. The van der Waals surface area contributed by atoms with E-state index in [0.29, 0.717) is 5.56 Å². The molecule has 28 heavy (non-hydrogen) atoms. The zero-order valence-electron chi connectivity index (χ0n) is 13.7. The first-order valence-electron chi connectivity index (χ1n) is 7.77. The quantitative estimate of drug-likeness (QED) is 0.471. The Kier molecular flexibility index (Phi) is 4.55. The summed E-state index contributed by atoms with van der Waals surface area (Å²) in [5.41, 5.74) is -0.0241. The lowest BCUT2D eigenvalue weighted by molar-refractivity contribution is 0.429. The Morgan fingerprint density at radius 1 is 0.964 bits per heavy atom. The molecule has 0 amide bonds. The first-order valence-corrected chi connectivity index (χ1v) is 8.56. The lowest BCUT2D eigenvalue weighted by atomic mass is 10.2. The van der Waals surface area contributed by atoms with Crippen LogP contribution in [0.3, 0.4) is 0 Å². The summed E-state index contributed by atoms with van der Waals surface area (Å²) < 4.78 is 46.5. The number of aromatic nitrogens is 4. The number of rotatable bonds is 3. The van der Waals surface area contributed by atoms with E-state index in [1.165, 1.54) is 41.2 Å². The van der Waals surface area contributed by atoms with Gasteiger partial charge in [0, 0.05) is 23.9 Å². The van der Waals surface area contributed by atoms with E-state index < -0.39 is 22.9 Å². The van der Waals surface area contributed by atoms with Crippen LogP contribution in [0.5, 0.6) is 0 Å². The topological polar surface area (TPSA) is 73.8 Å². The van der Waals surface area contributed by atoms with Gasteiger partial charge in [-0.25, -0.2) is 17.9 Å². The number of hydrogen-bond acceptors (Lipinski definition) is 5. The molecule has 140 valence electrons. The fraction of sp³-hybridized carbons (Fsp3) is 0. The van der Waals surface area contributed by atoms with Gasteiger partial charge in [-0.3, -0.25) is 4.79 Å². The lowest BCUT2D eigenvalue weighted by Crippen LogP contribution is -2.13. The summed E-state index contributed by atoms with van der Waals surface area (Å²) in [5.74, 6) is -2.55. The average molecular weight is 449 g/mol. The molecule has 0 spiro atoms. The molecule has 0 fully saturated rings. The molecule has 4 rings (SSSR count). The van der Waals surface area contributed by atoms with E-state index in [2.05, 4.69) is 31.2 Å². The molecular weight excluding hydrogens is 441 g/mol. The summed E-state index contributed by atoms with van der Waals surface area (Å²) in [6, 6.07) is 8.51. The Morgan fingerprint density at radius 2 is 1.75 bits per heavy atom. The minimum atomic E-state index is -1.05. The molecule has 0 aliphatic heterocycles. The van der Waals surface area contributed by atoms with Crippen molar-refractivity contribution < 1.29 is 17.7 Å². The molecule has 0 aliphatic rings. The van der Waals surface area contributed by atoms with Crippen LogP contribution in [-0.4, -0.2) is 19.9 Å². The van der Waals surface area contributed by atoms with E-state index in [4.69, 9.17) is 4.52 Å². The summed E-state index contributed by atoms with van der Waals surface area (Å²) in [6.45, 7) is 0. The van der Waals surface area contributed by atoms with Crippen molar-refractivity contribution >= 4 is 15.9 Å². The van der Waals surface area contributed by atoms with Crippen molar-refractivity contribution in [3.63, 3.8) is 0 Å². The third kappa shape index (κ3) is 3.33. The average Bonchev–Trinajstić information content (AvgIpc) is 3.16. The van der Waals surface area contributed by atoms with Crippen LogP contribution < -0.4 is 5.43 Å². The standard InChI is InChI=1S/C18H8BrF3N4O2/c19-11-7-9(1-3-12(11)20)17-23-18(28-25-17)16-15(27)5-6-26(24-16)10-2-4-13(21)14(22)8-10/h1-8H. The SMILES string of the molecule is O=c1ccn(-c2ccc(F)c(F)c2)nc1-c1nc(-c2ccc(F)c(Br)c2)no1. The van der Waals surface area contributed by atoms with Crippen LogP contribution in [0.15, 0.2) is 62.5 Å². The van der Waals surface area contributed by atoms with E-state index in [9.17, 15) is 18.0 Å². The Labute approximate surface area is 163 Å². The normalized spacial score (nSPS) is 11.0. The van der Waals surface area contributed by atoms with Gasteiger partial charge in [0.05, 0.1) is 10.2 Å². The summed E-state index contributed by atoms with van der Waals surface area (Å²) in [6.07, 6.45) is 1.30. The molecule has 0 unspecified atom stereocenters. The fourth-order valence-corrected chi connectivity index (χ4v) is 2.78. The van der Waals surface area contributed by atoms with Crippen molar-refractivity contribution in [1.29, 1.82) is 0 Å². The molecule has 0 atom stereocenters. The van der Waals surface area contributed by atoms with Gasteiger partial charge in [0.15, 0.2) is 17.3 Å². The van der Waals surface area contributed by atoms with Gasteiger partial charge in [-0.15, -0.1) is 0 Å². The van der Waals surface area contributed by atoms with E-state index >= 15 is 0 Å². The second kappa shape index (κ2) is 7.04. The summed E-state index contributed by atoms with van der Waals surface area (Å²) >= 11 is 3.07. The van der Waals surface area contributed by atoms with Crippen molar-refractivity contribution in [2.75, 3.05) is 0 Å². The van der Waals surface area contributed by atoms with E-state index in [0.717, 1.165) is 12.1 Å². The number of benzene rings is 2. The van der Waals surface area contributed by atoms with Crippen LogP contribution in [0.1, 0.15) is 0 Å². The Morgan fingerprint density at radius 3 is 2.50 bits per heavy atom. The van der Waals surface area contributed by atoms with Gasteiger partial charge in [0.25, 0.3) is 5.89 Å². The molecule has 0 radical (unpaired) electrons. The monoisotopic (exact) mass is 448 g/mol. The number of hydrogen-bond donors (Lipinski definition) is 0. The van der Waals surface area contributed by atoms with Gasteiger partial charge in [-0.1, -0.05) is 5.16 Å². The first-order chi connectivity index (χ1) is 13.4. The summed E-state index contributed by atoms with van der Waals surface area (Å²) in [4.78, 5) is 16.3. The zero-order chi connectivity index (χ0) is 19.8. The molecule has 0 aliphatic carbocycles. The summed E-state index contributed by atoms with van der Waals surface area (Å²) in [5, 5.41) is 7.85. The summed E-state index contributed by atoms with van der Waals surface area (Å²) in [7, 11) is 0. The maximum Gasteiger partial charge on any atom is 0.282 e. The molecule has 0 N–H and O–H groups in total. The van der Waals surface area contributed by atoms with Gasteiger partial charge in [0.2, 0.25) is 11.3 Å². The molecule has 0 bridgehead atoms. The van der Waals surface area contributed by atoms with Crippen molar-refractivity contribution in [3.8, 4) is 28.7 Å². The fourth-order valence-electron chi connectivity index (χ4n) is 2.40. The highest BCUT2D eigenvalue weighted by molar-refractivity contribution is 9.10. The maximum atomic E-state index is 13.5. The maximum absolute atomic E-state index is 13.5. The van der Waals surface area contributed by atoms with Crippen LogP contribution in [0, 0.1) is 17.5 Å². The van der Waals surface area contributed by atoms with Crippen LogP contribution in [0.2, 0.25) is 0 Å². The smallest absolute Gasteiger partial charge is 0.282 e. The predicted octanol–water partition coefficient (Wildman–Crippen LogP) is 4.13. The van der Waals surface area contributed by atoms with Gasteiger partial charge in [0.1, 0.15) is 5.82 Å². The second-order valence-electron chi connectivity index (χ2n) is 5.62. The van der Waals surface area contributed by atoms with Crippen LogP contribution in [-0.2, 0) is 0 Å². The van der Waals surface area contributed by atoms with Crippen LogP contribution in [0.4, 0.5) is 13.2 Å². The largest absolute Gasteiger partial charge is 0.332 e. The molecule has 2 aromatic carbocycles. The van der Waals surface area contributed by atoms with Crippen molar-refractivity contribution in [2.24, 2.45) is 0 Å². The van der Waals surface area contributed by atoms with Gasteiger partial charge < -0.3 is 4.52 Å². The molecule has 6 nitrogen and oxygen atoms in total. The van der Waals surface area contributed by atoms with E-state index in [1.54, 1.807) is 0 Å². The Balaban J connectivity index is 1.75. The highest BCUT2D eigenvalue weighted by atomic mass is 79.9. The van der Waals surface area contributed by atoms with Crippen molar-refractivity contribution in [2.45, 2.75) is 0 Å². The van der Waals surface area contributed by atoms with Gasteiger partial charge >= 0.3 is 0 Å². The highest BCUT2D eigenvalue weighted by Gasteiger charge is 2.17. The molecule has 4 aromatic rings. The number of halogens is 4. The third-order valence-electron chi connectivity index (χ3n) is 3.78. The molecule has 0 saturated heterocycles. The molecule has 0 saturated carbocycles.